The SMILES string of the molecule is C=CCN1C(=O)C(C)(C)COc2ccc(NC(=O)NCc3ccc(F)cc3)cc21. The van der Waals surface area contributed by atoms with Gasteiger partial charge in [-0.1, -0.05) is 18.2 Å². The molecule has 2 N–H and O–H groups in total. The zero-order chi connectivity index (χ0) is 21.0. The van der Waals surface area contributed by atoms with Crippen LogP contribution in [0.3, 0.4) is 0 Å². The van der Waals surface area contributed by atoms with E-state index in [4.69, 9.17) is 4.74 Å². The minimum atomic E-state index is -0.678. The number of amides is 3. The molecule has 1 aliphatic rings. The van der Waals surface area contributed by atoms with E-state index >= 15 is 0 Å². The average Bonchev–Trinajstić information content (AvgIpc) is 2.78. The average molecular weight is 397 g/mol. The van der Waals surface area contributed by atoms with Gasteiger partial charge in [-0.25, -0.2) is 9.18 Å². The lowest BCUT2D eigenvalue weighted by molar-refractivity contribution is -0.127. The van der Waals surface area contributed by atoms with Crippen LogP contribution in [0.1, 0.15) is 19.4 Å². The number of rotatable bonds is 5. The molecule has 0 saturated heterocycles. The summed E-state index contributed by atoms with van der Waals surface area (Å²) in [5, 5.41) is 5.47. The zero-order valence-electron chi connectivity index (χ0n) is 16.5. The van der Waals surface area contributed by atoms with Crippen LogP contribution in [0.25, 0.3) is 0 Å². The number of hydrogen-bond acceptors (Lipinski definition) is 3. The lowest BCUT2D eigenvalue weighted by Crippen LogP contribution is -2.42. The second-order valence-corrected chi connectivity index (χ2v) is 7.49. The monoisotopic (exact) mass is 397 g/mol. The lowest BCUT2D eigenvalue weighted by Gasteiger charge is -2.27. The van der Waals surface area contributed by atoms with Crippen molar-refractivity contribution in [2.75, 3.05) is 23.4 Å². The molecule has 0 atom stereocenters. The van der Waals surface area contributed by atoms with Gasteiger partial charge in [-0.3, -0.25) is 4.79 Å². The maximum Gasteiger partial charge on any atom is 0.319 e. The maximum atomic E-state index is 13.0. The van der Waals surface area contributed by atoms with E-state index in [9.17, 15) is 14.0 Å². The third-order valence-electron chi connectivity index (χ3n) is 4.60. The van der Waals surface area contributed by atoms with Crippen LogP contribution in [0.4, 0.5) is 20.6 Å². The van der Waals surface area contributed by atoms with Crippen LogP contribution in [0.2, 0.25) is 0 Å². The van der Waals surface area contributed by atoms with E-state index in [1.807, 2.05) is 13.8 Å². The molecule has 152 valence electrons. The van der Waals surface area contributed by atoms with Crippen molar-refractivity contribution in [2.45, 2.75) is 20.4 Å². The molecule has 0 unspecified atom stereocenters. The first-order valence-corrected chi connectivity index (χ1v) is 9.29. The summed E-state index contributed by atoms with van der Waals surface area (Å²) in [5.41, 5.74) is 1.20. The first-order valence-electron chi connectivity index (χ1n) is 9.29. The number of hydrogen-bond donors (Lipinski definition) is 2. The van der Waals surface area contributed by atoms with Gasteiger partial charge in [-0.15, -0.1) is 6.58 Å². The van der Waals surface area contributed by atoms with Crippen molar-refractivity contribution in [3.8, 4) is 5.75 Å². The van der Waals surface area contributed by atoms with E-state index in [1.54, 1.807) is 41.3 Å². The van der Waals surface area contributed by atoms with Crippen molar-refractivity contribution in [1.29, 1.82) is 0 Å². The van der Waals surface area contributed by atoms with E-state index < -0.39 is 11.4 Å². The number of carbonyl (C=O) groups excluding carboxylic acids is 2. The Bertz CT molecular complexity index is 925. The van der Waals surface area contributed by atoms with Crippen LogP contribution in [-0.2, 0) is 11.3 Å². The highest BCUT2D eigenvalue weighted by Crippen LogP contribution is 2.38. The number of nitrogens with one attached hydrogen (secondary N) is 2. The summed E-state index contributed by atoms with van der Waals surface area (Å²) >= 11 is 0. The third-order valence-corrected chi connectivity index (χ3v) is 4.60. The molecule has 0 radical (unpaired) electrons. The van der Waals surface area contributed by atoms with Gasteiger partial charge in [0.15, 0.2) is 0 Å². The normalized spacial score (nSPS) is 15.0. The van der Waals surface area contributed by atoms with Gasteiger partial charge < -0.3 is 20.3 Å². The topological polar surface area (TPSA) is 70.7 Å². The van der Waals surface area contributed by atoms with Gasteiger partial charge in [0.25, 0.3) is 0 Å². The molecular weight excluding hydrogens is 373 g/mol. The fourth-order valence-electron chi connectivity index (χ4n) is 2.99. The Morgan fingerprint density at radius 2 is 2.00 bits per heavy atom. The van der Waals surface area contributed by atoms with Crippen LogP contribution in [0.5, 0.6) is 5.75 Å². The van der Waals surface area contributed by atoms with E-state index in [2.05, 4.69) is 17.2 Å². The molecule has 3 amide bonds. The van der Waals surface area contributed by atoms with Crippen molar-refractivity contribution in [1.82, 2.24) is 5.32 Å². The van der Waals surface area contributed by atoms with Gasteiger partial charge in [0, 0.05) is 18.8 Å². The summed E-state index contributed by atoms with van der Waals surface area (Å²) in [5.74, 6) is 0.171. The summed E-state index contributed by atoms with van der Waals surface area (Å²) in [6, 6.07) is 10.6. The van der Waals surface area contributed by atoms with Crippen LogP contribution in [0, 0.1) is 11.2 Å². The van der Waals surface area contributed by atoms with Crippen molar-refractivity contribution in [3.05, 3.63) is 66.5 Å². The molecule has 1 heterocycles. The predicted octanol–water partition coefficient (Wildman–Crippen LogP) is 4.09. The Labute approximate surface area is 169 Å². The standard InChI is InChI=1S/C22H24FN3O3/c1-4-11-26-18-12-17(9-10-19(18)29-14-22(2,3)20(26)27)25-21(28)24-13-15-5-7-16(23)8-6-15/h4-10,12H,1,11,13-14H2,2-3H3,(H2,24,25,28). The van der Waals surface area contributed by atoms with Crippen molar-refractivity contribution in [3.63, 3.8) is 0 Å². The number of carbonyl (C=O) groups is 2. The molecule has 3 rings (SSSR count). The van der Waals surface area contributed by atoms with Crippen LogP contribution >= 0.6 is 0 Å². The van der Waals surface area contributed by atoms with Gasteiger partial charge in [0.2, 0.25) is 5.91 Å². The largest absolute Gasteiger partial charge is 0.490 e. The van der Waals surface area contributed by atoms with Gasteiger partial charge in [-0.2, -0.15) is 0 Å². The molecular formula is C22H24FN3O3. The molecule has 0 spiro atoms. The number of ether oxygens (including phenoxy) is 1. The van der Waals surface area contributed by atoms with Crippen LogP contribution in [-0.4, -0.2) is 25.1 Å². The summed E-state index contributed by atoms with van der Waals surface area (Å²) in [7, 11) is 0. The highest BCUT2D eigenvalue weighted by atomic mass is 19.1. The minimum Gasteiger partial charge on any atom is -0.490 e. The Morgan fingerprint density at radius 1 is 1.28 bits per heavy atom. The lowest BCUT2D eigenvalue weighted by atomic mass is 9.93. The first-order chi connectivity index (χ1) is 13.8. The Morgan fingerprint density at radius 3 is 2.69 bits per heavy atom. The van der Waals surface area contributed by atoms with Crippen molar-refractivity contribution in [2.24, 2.45) is 5.41 Å². The smallest absolute Gasteiger partial charge is 0.319 e. The van der Waals surface area contributed by atoms with E-state index in [1.165, 1.54) is 12.1 Å². The zero-order valence-corrected chi connectivity index (χ0v) is 16.5. The second kappa shape index (κ2) is 8.34. The number of anilines is 2. The molecule has 0 bridgehead atoms. The Balaban J connectivity index is 1.74. The molecule has 6 nitrogen and oxygen atoms in total. The molecule has 0 saturated carbocycles. The predicted molar refractivity (Wildman–Crippen MR) is 111 cm³/mol. The summed E-state index contributed by atoms with van der Waals surface area (Å²) in [6.07, 6.45) is 1.65. The van der Waals surface area contributed by atoms with Crippen molar-refractivity contribution < 1.29 is 18.7 Å². The summed E-state index contributed by atoms with van der Waals surface area (Å²) in [4.78, 5) is 26.8. The fraction of sp³-hybridized carbons (Fsp3) is 0.273. The quantitative estimate of drug-likeness (QED) is 0.747. The minimum absolute atomic E-state index is 0.0749. The number of benzene rings is 2. The van der Waals surface area contributed by atoms with Gasteiger partial charge in [-0.05, 0) is 49.7 Å². The maximum absolute atomic E-state index is 13.0. The molecule has 29 heavy (non-hydrogen) atoms. The Hall–Kier alpha value is -3.35. The summed E-state index contributed by atoms with van der Waals surface area (Å²) in [6.45, 7) is 8.25. The Kier molecular flexibility index (Phi) is 5.87. The first kappa shape index (κ1) is 20.4. The highest BCUT2D eigenvalue weighted by molar-refractivity contribution is 6.00. The fourth-order valence-corrected chi connectivity index (χ4v) is 2.99. The van der Waals surface area contributed by atoms with Crippen molar-refractivity contribution >= 4 is 23.3 Å². The van der Waals surface area contributed by atoms with Gasteiger partial charge >= 0.3 is 6.03 Å². The molecule has 2 aromatic carbocycles. The number of halogens is 1. The third kappa shape index (κ3) is 4.74. The van der Waals surface area contributed by atoms with E-state index in [0.717, 1.165) is 5.56 Å². The molecule has 0 aromatic heterocycles. The van der Waals surface area contributed by atoms with Gasteiger partial charge in [0.1, 0.15) is 18.2 Å². The number of fused-ring (bicyclic) bond motifs is 1. The summed E-state index contributed by atoms with van der Waals surface area (Å²) < 4.78 is 18.8. The number of urea groups is 1. The van der Waals surface area contributed by atoms with E-state index in [0.29, 0.717) is 23.7 Å². The molecule has 7 heteroatoms. The molecule has 1 aliphatic heterocycles. The van der Waals surface area contributed by atoms with E-state index in [-0.39, 0.29) is 24.9 Å². The second-order valence-electron chi connectivity index (χ2n) is 7.49. The molecule has 2 aromatic rings. The molecule has 0 aliphatic carbocycles. The molecule has 0 fully saturated rings. The highest BCUT2D eigenvalue weighted by Gasteiger charge is 2.37. The van der Waals surface area contributed by atoms with Gasteiger partial charge in [0.05, 0.1) is 11.1 Å². The van der Waals surface area contributed by atoms with Crippen LogP contribution < -0.4 is 20.3 Å². The van der Waals surface area contributed by atoms with Crippen LogP contribution in [0.15, 0.2) is 55.1 Å². The number of nitrogens with zero attached hydrogens (tertiary/aromatic N) is 1.